The molecule has 2 amide bonds. The van der Waals surface area contributed by atoms with E-state index in [2.05, 4.69) is 4.90 Å². The third kappa shape index (κ3) is 5.64. The monoisotopic (exact) mass is 419 g/mol. The van der Waals surface area contributed by atoms with E-state index in [0.717, 1.165) is 32.5 Å². The van der Waals surface area contributed by atoms with E-state index >= 15 is 0 Å². The second-order valence-corrected chi connectivity index (χ2v) is 7.81. The maximum atomic E-state index is 13.3. The Bertz CT molecular complexity index is 725. The van der Waals surface area contributed by atoms with Gasteiger partial charge >= 0.3 is 0 Å². The topological polar surface area (TPSA) is 71.6 Å². The number of piperazine rings is 1. The molecule has 166 valence electrons. The number of carbonyl (C=O) groups is 2. The molecule has 0 aliphatic carbocycles. The normalized spacial score (nSPS) is 18.4. The number of piperidine rings is 1. The first kappa shape index (κ1) is 22.4. The first-order valence-electron chi connectivity index (χ1n) is 10.6. The summed E-state index contributed by atoms with van der Waals surface area (Å²) in [6.45, 7) is 7.56. The molecule has 1 aromatic rings. The molecule has 2 saturated heterocycles. The summed E-state index contributed by atoms with van der Waals surface area (Å²) in [7, 11) is 3.30. The van der Waals surface area contributed by atoms with Crippen LogP contribution in [-0.2, 0) is 9.53 Å². The molecule has 0 N–H and O–H groups in total. The summed E-state index contributed by atoms with van der Waals surface area (Å²) in [5.41, 5.74) is 0.536. The lowest BCUT2D eigenvalue weighted by atomic mass is 10.1. The van der Waals surface area contributed by atoms with Crippen molar-refractivity contribution >= 4 is 11.8 Å². The number of likely N-dealkylation sites (tertiary alicyclic amines) is 1. The Balaban J connectivity index is 1.66. The predicted octanol–water partition coefficient (Wildman–Crippen LogP) is 1.49. The van der Waals surface area contributed by atoms with Crippen molar-refractivity contribution in [3.05, 3.63) is 23.8 Å². The molecule has 2 fully saturated rings. The second-order valence-electron chi connectivity index (χ2n) is 7.81. The number of carbonyl (C=O) groups excluding carboxylic acids is 2. The van der Waals surface area contributed by atoms with Gasteiger partial charge in [0.05, 0.1) is 19.3 Å². The average molecular weight is 420 g/mol. The van der Waals surface area contributed by atoms with Crippen LogP contribution >= 0.6 is 0 Å². The highest BCUT2D eigenvalue weighted by Gasteiger charge is 2.27. The van der Waals surface area contributed by atoms with Crippen LogP contribution in [0.15, 0.2) is 18.2 Å². The number of rotatable bonds is 7. The Morgan fingerprint density at radius 2 is 1.70 bits per heavy atom. The van der Waals surface area contributed by atoms with Crippen molar-refractivity contribution in [3.8, 4) is 11.5 Å². The fourth-order valence-corrected chi connectivity index (χ4v) is 3.94. The summed E-state index contributed by atoms with van der Waals surface area (Å²) in [5.74, 6) is 1.29. The van der Waals surface area contributed by atoms with E-state index in [0.29, 0.717) is 49.8 Å². The minimum absolute atomic E-state index is 0.00793. The summed E-state index contributed by atoms with van der Waals surface area (Å²) >= 11 is 0. The van der Waals surface area contributed by atoms with Crippen molar-refractivity contribution in [2.45, 2.75) is 25.9 Å². The number of hydrogen-bond donors (Lipinski definition) is 0. The van der Waals surface area contributed by atoms with Gasteiger partial charge in [0.1, 0.15) is 17.6 Å². The van der Waals surface area contributed by atoms with Gasteiger partial charge in [-0.25, -0.2) is 0 Å². The molecule has 30 heavy (non-hydrogen) atoms. The molecule has 8 heteroatoms. The van der Waals surface area contributed by atoms with Crippen molar-refractivity contribution in [2.24, 2.45) is 0 Å². The largest absolute Gasteiger partial charge is 0.497 e. The Kier molecular flexibility index (Phi) is 7.93. The Morgan fingerprint density at radius 3 is 2.30 bits per heavy atom. The molecule has 8 nitrogen and oxygen atoms in total. The van der Waals surface area contributed by atoms with E-state index < -0.39 is 0 Å². The average Bonchev–Trinajstić information content (AvgIpc) is 2.78. The van der Waals surface area contributed by atoms with Gasteiger partial charge in [-0.15, -0.1) is 0 Å². The summed E-state index contributed by atoms with van der Waals surface area (Å²) in [6.07, 6.45) is 1.51. The second kappa shape index (κ2) is 10.6. The van der Waals surface area contributed by atoms with Crippen LogP contribution in [-0.4, -0.2) is 99.3 Å². The van der Waals surface area contributed by atoms with Crippen molar-refractivity contribution < 1.29 is 23.8 Å². The summed E-state index contributed by atoms with van der Waals surface area (Å²) in [4.78, 5) is 30.9. The highest BCUT2D eigenvalue weighted by molar-refractivity contribution is 5.97. The zero-order valence-corrected chi connectivity index (χ0v) is 18.3. The van der Waals surface area contributed by atoms with Gasteiger partial charge in [-0.2, -0.15) is 0 Å². The van der Waals surface area contributed by atoms with Gasteiger partial charge in [-0.05, 0) is 18.2 Å². The van der Waals surface area contributed by atoms with E-state index in [1.165, 1.54) is 0 Å². The van der Waals surface area contributed by atoms with Gasteiger partial charge < -0.3 is 24.0 Å². The number of hydrogen-bond acceptors (Lipinski definition) is 6. The molecule has 0 atom stereocenters. The molecule has 2 heterocycles. The fourth-order valence-electron chi connectivity index (χ4n) is 3.94. The van der Waals surface area contributed by atoms with Crippen LogP contribution in [0.5, 0.6) is 11.5 Å². The molecule has 2 aliphatic heterocycles. The highest BCUT2D eigenvalue weighted by Crippen LogP contribution is 2.29. The van der Waals surface area contributed by atoms with Crippen molar-refractivity contribution in [2.75, 3.05) is 66.6 Å². The van der Waals surface area contributed by atoms with Crippen LogP contribution in [0.1, 0.15) is 30.1 Å². The molecule has 0 bridgehead atoms. The molecule has 0 saturated carbocycles. The van der Waals surface area contributed by atoms with Crippen LogP contribution in [0, 0.1) is 0 Å². The van der Waals surface area contributed by atoms with Crippen LogP contribution in [0.3, 0.4) is 0 Å². The molecule has 0 spiro atoms. The number of amides is 2. The van der Waals surface area contributed by atoms with Crippen LogP contribution in [0.2, 0.25) is 0 Å². The van der Waals surface area contributed by atoms with E-state index in [9.17, 15) is 9.59 Å². The lowest BCUT2D eigenvalue weighted by Gasteiger charge is -2.35. The van der Waals surface area contributed by atoms with Crippen molar-refractivity contribution in [1.82, 2.24) is 14.7 Å². The number of methoxy groups -OCH3 is 2. The first-order valence-corrected chi connectivity index (χ1v) is 10.6. The van der Waals surface area contributed by atoms with Gasteiger partial charge in [0.25, 0.3) is 5.91 Å². The lowest BCUT2D eigenvalue weighted by molar-refractivity contribution is -0.130. The van der Waals surface area contributed by atoms with Gasteiger partial charge in [-0.1, -0.05) is 0 Å². The van der Waals surface area contributed by atoms with Crippen molar-refractivity contribution in [1.29, 1.82) is 0 Å². The van der Waals surface area contributed by atoms with Crippen molar-refractivity contribution in [3.63, 3.8) is 0 Å². The molecule has 0 radical (unpaired) electrons. The highest BCUT2D eigenvalue weighted by atomic mass is 16.5. The van der Waals surface area contributed by atoms with E-state index in [1.54, 1.807) is 27.2 Å². The van der Waals surface area contributed by atoms with Crippen LogP contribution in [0.4, 0.5) is 0 Å². The number of ether oxygens (including phenoxy) is 3. The Hall–Kier alpha value is -2.32. The maximum Gasteiger partial charge on any atom is 0.257 e. The Morgan fingerprint density at radius 1 is 1.00 bits per heavy atom. The summed E-state index contributed by atoms with van der Waals surface area (Å²) in [5, 5.41) is 0. The minimum atomic E-state index is -0.0311. The molecule has 3 rings (SSSR count). The quantitative estimate of drug-likeness (QED) is 0.667. The molecule has 2 aliphatic rings. The van der Waals surface area contributed by atoms with Gasteiger partial charge in [0.2, 0.25) is 5.91 Å². The van der Waals surface area contributed by atoms with E-state index in [-0.39, 0.29) is 17.9 Å². The molecule has 0 aromatic heterocycles. The van der Waals surface area contributed by atoms with Crippen LogP contribution in [0.25, 0.3) is 0 Å². The number of benzene rings is 1. The zero-order chi connectivity index (χ0) is 21.5. The third-order valence-corrected chi connectivity index (χ3v) is 5.87. The molecular formula is C22H33N3O5. The van der Waals surface area contributed by atoms with E-state index in [1.807, 2.05) is 21.9 Å². The zero-order valence-electron chi connectivity index (χ0n) is 18.3. The predicted molar refractivity (Wildman–Crippen MR) is 113 cm³/mol. The first-order chi connectivity index (χ1) is 14.5. The van der Waals surface area contributed by atoms with Gasteiger partial charge in [0.15, 0.2) is 0 Å². The van der Waals surface area contributed by atoms with Crippen LogP contribution < -0.4 is 9.47 Å². The van der Waals surface area contributed by atoms with Gasteiger partial charge in [0, 0.05) is 72.7 Å². The van der Waals surface area contributed by atoms with Gasteiger partial charge in [-0.3, -0.25) is 14.5 Å². The standard InChI is InChI=1S/C22H33N3O5/c1-17(26)24-8-6-18(7-9-24)30-21-5-4-19(29-3)16-20(21)22(27)25-12-10-23(11-13-25)14-15-28-2/h4-5,16,18H,6-15H2,1-3H3. The molecular weight excluding hydrogens is 386 g/mol. The third-order valence-electron chi connectivity index (χ3n) is 5.87. The maximum absolute atomic E-state index is 13.3. The molecule has 1 aromatic carbocycles. The number of nitrogens with zero attached hydrogens (tertiary/aromatic N) is 3. The minimum Gasteiger partial charge on any atom is -0.497 e. The molecule has 0 unspecified atom stereocenters. The van der Waals surface area contributed by atoms with E-state index in [4.69, 9.17) is 14.2 Å². The lowest BCUT2D eigenvalue weighted by Crippen LogP contribution is -2.49. The Labute approximate surface area is 178 Å². The smallest absolute Gasteiger partial charge is 0.257 e. The summed E-state index contributed by atoms with van der Waals surface area (Å²) in [6, 6.07) is 5.40. The fraction of sp³-hybridized carbons (Fsp3) is 0.636. The SMILES string of the molecule is COCCN1CCN(C(=O)c2cc(OC)ccc2OC2CCN(C(C)=O)CC2)CC1. The summed E-state index contributed by atoms with van der Waals surface area (Å²) < 4.78 is 16.7.